The zero-order valence-corrected chi connectivity index (χ0v) is 15.9. The summed E-state index contributed by atoms with van der Waals surface area (Å²) in [5.74, 6) is 0.381. The second-order valence-corrected chi connectivity index (χ2v) is 7.24. The van der Waals surface area contributed by atoms with Crippen molar-refractivity contribution in [1.29, 1.82) is 0 Å². The monoisotopic (exact) mass is 367 g/mol. The third-order valence-corrected chi connectivity index (χ3v) is 5.19. The van der Waals surface area contributed by atoms with Crippen LogP contribution in [0.4, 0.5) is 4.79 Å². The SMILES string of the molecule is CC[C@@H](C)N1C(=O)S/C(=C/c2ccc(O[C@@H](C)CC)c(Cl)c2)C1=O. The molecule has 0 saturated carbocycles. The maximum atomic E-state index is 12.4. The zero-order chi connectivity index (χ0) is 17.9. The molecule has 1 aromatic carbocycles. The van der Waals surface area contributed by atoms with Crippen LogP contribution in [0.3, 0.4) is 0 Å². The van der Waals surface area contributed by atoms with E-state index in [2.05, 4.69) is 0 Å². The van der Waals surface area contributed by atoms with Crippen LogP contribution in [-0.2, 0) is 4.79 Å². The number of imide groups is 1. The largest absolute Gasteiger partial charge is 0.489 e. The number of thioether (sulfide) groups is 1. The molecule has 0 aromatic heterocycles. The predicted octanol–water partition coefficient (Wildman–Crippen LogP) is 5.35. The summed E-state index contributed by atoms with van der Waals surface area (Å²) in [4.78, 5) is 26.2. The van der Waals surface area contributed by atoms with Crippen molar-refractivity contribution >= 4 is 40.6 Å². The Hall–Kier alpha value is -1.46. The molecule has 0 radical (unpaired) electrons. The van der Waals surface area contributed by atoms with Crippen molar-refractivity contribution in [3.05, 3.63) is 33.7 Å². The smallest absolute Gasteiger partial charge is 0.293 e. The van der Waals surface area contributed by atoms with Gasteiger partial charge in [-0.3, -0.25) is 14.5 Å². The van der Waals surface area contributed by atoms with Gasteiger partial charge in [-0.1, -0.05) is 31.5 Å². The van der Waals surface area contributed by atoms with Gasteiger partial charge in [0.25, 0.3) is 11.1 Å². The third kappa shape index (κ3) is 4.14. The van der Waals surface area contributed by atoms with Crippen LogP contribution in [-0.4, -0.2) is 28.2 Å². The number of ether oxygens (including phenoxy) is 1. The molecule has 1 aromatic rings. The quantitative estimate of drug-likeness (QED) is 0.635. The topological polar surface area (TPSA) is 46.6 Å². The first-order chi connectivity index (χ1) is 11.4. The highest BCUT2D eigenvalue weighted by Crippen LogP contribution is 2.35. The van der Waals surface area contributed by atoms with Crippen LogP contribution in [0.2, 0.25) is 5.02 Å². The Kier molecular flexibility index (Phi) is 6.35. The Morgan fingerprint density at radius 3 is 2.54 bits per heavy atom. The van der Waals surface area contributed by atoms with E-state index in [1.165, 1.54) is 4.90 Å². The van der Waals surface area contributed by atoms with E-state index in [1.807, 2.05) is 33.8 Å². The Morgan fingerprint density at radius 1 is 1.25 bits per heavy atom. The summed E-state index contributed by atoms with van der Waals surface area (Å²) in [7, 11) is 0. The van der Waals surface area contributed by atoms with E-state index in [9.17, 15) is 9.59 Å². The standard InChI is InChI=1S/C18H22ClNO3S/c1-5-11(3)20-17(21)16(24-18(20)22)10-13-7-8-15(14(19)9-13)23-12(4)6-2/h7-12H,5-6H2,1-4H3/b16-10+/t11-,12+/m1/s1. The van der Waals surface area contributed by atoms with E-state index in [1.54, 1.807) is 18.2 Å². The molecule has 1 fully saturated rings. The van der Waals surface area contributed by atoms with Crippen molar-refractivity contribution in [2.75, 3.05) is 0 Å². The molecule has 2 atom stereocenters. The number of nitrogens with zero attached hydrogens (tertiary/aromatic N) is 1. The van der Waals surface area contributed by atoms with Gasteiger partial charge in [-0.15, -0.1) is 0 Å². The molecule has 1 saturated heterocycles. The number of halogens is 1. The molecular formula is C18H22ClNO3S. The minimum absolute atomic E-state index is 0.0837. The highest BCUT2D eigenvalue weighted by molar-refractivity contribution is 8.18. The lowest BCUT2D eigenvalue weighted by Crippen LogP contribution is -2.36. The van der Waals surface area contributed by atoms with Crippen molar-refractivity contribution in [1.82, 2.24) is 4.90 Å². The third-order valence-electron chi connectivity index (χ3n) is 4.01. The van der Waals surface area contributed by atoms with Gasteiger partial charge in [-0.25, -0.2) is 0 Å². The van der Waals surface area contributed by atoms with E-state index in [0.717, 1.165) is 30.2 Å². The summed E-state index contributed by atoms with van der Waals surface area (Å²) in [6.45, 7) is 7.85. The molecular weight excluding hydrogens is 346 g/mol. The second kappa shape index (κ2) is 8.08. The van der Waals surface area contributed by atoms with Crippen molar-refractivity contribution in [2.45, 2.75) is 52.7 Å². The second-order valence-electron chi connectivity index (χ2n) is 5.84. The summed E-state index contributed by atoms with van der Waals surface area (Å²) in [6.07, 6.45) is 3.41. The molecule has 6 heteroatoms. The van der Waals surface area contributed by atoms with Gasteiger partial charge < -0.3 is 4.74 Å². The molecule has 1 aliphatic heterocycles. The molecule has 24 heavy (non-hydrogen) atoms. The number of benzene rings is 1. The van der Waals surface area contributed by atoms with E-state index in [4.69, 9.17) is 16.3 Å². The fraction of sp³-hybridized carbons (Fsp3) is 0.444. The lowest BCUT2D eigenvalue weighted by Gasteiger charge is -2.19. The van der Waals surface area contributed by atoms with Gasteiger partial charge in [0, 0.05) is 6.04 Å². The van der Waals surface area contributed by atoms with Crippen molar-refractivity contribution in [3.63, 3.8) is 0 Å². The van der Waals surface area contributed by atoms with Crippen LogP contribution in [0, 0.1) is 0 Å². The average Bonchev–Trinajstić information content (AvgIpc) is 2.83. The summed E-state index contributed by atoms with van der Waals surface area (Å²) >= 11 is 7.23. The number of hydrogen-bond donors (Lipinski definition) is 0. The van der Waals surface area contributed by atoms with Gasteiger partial charge in [-0.05, 0) is 62.2 Å². The number of hydrogen-bond acceptors (Lipinski definition) is 4. The van der Waals surface area contributed by atoms with E-state index >= 15 is 0 Å². The average molecular weight is 368 g/mol. The number of amides is 2. The summed E-state index contributed by atoms with van der Waals surface area (Å²) in [5.41, 5.74) is 0.770. The molecule has 0 unspecified atom stereocenters. The number of rotatable bonds is 6. The van der Waals surface area contributed by atoms with Gasteiger partial charge in [0.15, 0.2) is 0 Å². The Bertz CT molecular complexity index is 674. The predicted molar refractivity (Wildman–Crippen MR) is 99.4 cm³/mol. The van der Waals surface area contributed by atoms with Gasteiger partial charge in [0.1, 0.15) is 5.75 Å². The molecule has 130 valence electrons. The molecule has 0 N–H and O–H groups in total. The fourth-order valence-electron chi connectivity index (χ4n) is 2.20. The number of carbonyl (C=O) groups excluding carboxylic acids is 2. The molecule has 0 spiro atoms. The molecule has 0 aliphatic carbocycles. The lowest BCUT2D eigenvalue weighted by molar-refractivity contribution is -0.124. The van der Waals surface area contributed by atoms with Crippen molar-refractivity contribution in [2.24, 2.45) is 0 Å². The first kappa shape index (κ1) is 18.9. The summed E-state index contributed by atoms with van der Waals surface area (Å²) in [5, 5.41) is 0.272. The fourth-order valence-corrected chi connectivity index (χ4v) is 3.36. The highest BCUT2D eigenvalue weighted by atomic mass is 35.5. The van der Waals surface area contributed by atoms with Crippen LogP contribution >= 0.6 is 23.4 Å². The van der Waals surface area contributed by atoms with Crippen molar-refractivity contribution in [3.8, 4) is 5.75 Å². The van der Waals surface area contributed by atoms with Gasteiger partial charge in [0.2, 0.25) is 0 Å². The number of carbonyl (C=O) groups is 2. The summed E-state index contributed by atoms with van der Waals surface area (Å²) in [6, 6.07) is 5.27. The lowest BCUT2D eigenvalue weighted by atomic mass is 10.2. The van der Waals surface area contributed by atoms with Crippen LogP contribution in [0.5, 0.6) is 5.75 Å². The minimum atomic E-state index is -0.240. The molecule has 4 nitrogen and oxygen atoms in total. The normalized spacial score (nSPS) is 19.0. The van der Waals surface area contributed by atoms with Crippen LogP contribution in [0.15, 0.2) is 23.1 Å². The molecule has 1 heterocycles. The summed E-state index contributed by atoms with van der Waals surface area (Å²) < 4.78 is 5.73. The van der Waals surface area contributed by atoms with Gasteiger partial charge in [-0.2, -0.15) is 0 Å². The van der Waals surface area contributed by atoms with E-state index in [0.29, 0.717) is 15.7 Å². The van der Waals surface area contributed by atoms with Crippen LogP contribution in [0.25, 0.3) is 6.08 Å². The maximum absolute atomic E-state index is 12.4. The zero-order valence-electron chi connectivity index (χ0n) is 14.3. The van der Waals surface area contributed by atoms with Crippen LogP contribution < -0.4 is 4.74 Å². The van der Waals surface area contributed by atoms with E-state index in [-0.39, 0.29) is 23.3 Å². The van der Waals surface area contributed by atoms with Crippen molar-refractivity contribution < 1.29 is 14.3 Å². The maximum Gasteiger partial charge on any atom is 0.293 e. The molecule has 2 rings (SSSR count). The Balaban J connectivity index is 2.21. The van der Waals surface area contributed by atoms with Crippen LogP contribution in [0.1, 0.15) is 46.1 Å². The first-order valence-corrected chi connectivity index (χ1v) is 9.30. The Labute approximate surface area is 152 Å². The Morgan fingerprint density at radius 2 is 1.96 bits per heavy atom. The minimum Gasteiger partial charge on any atom is -0.489 e. The molecule has 0 bridgehead atoms. The highest BCUT2D eigenvalue weighted by Gasteiger charge is 2.37. The molecule has 2 amide bonds. The van der Waals surface area contributed by atoms with Gasteiger partial charge >= 0.3 is 0 Å². The first-order valence-electron chi connectivity index (χ1n) is 8.10. The molecule has 1 aliphatic rings. The van der Waals surface area contributed by atoms with Gasteiger partial charge in [0.05, 0.1) is 16.0 Å². The van der Waals surface area contributed by atoms with E-state index < -0.39 is 0 Å².